The minimum atomic E-state index is -0.432. The molecule has 0 spiro atoms. The molecule has 0 saturated carbocycles. The van der Waals surface area contributed by atoms with Gasteiger partial charge in [0.25, 0.3) is 5.91 Å². The number of benzene rings is 2. The summed E-state index contributed by atoms with van der Waals surface area (Å²) >= 11 is 0. The first kappa shape index (κ1) is 18.6. The van der Waals surface area contributed by atoms with Crippen LogP contribution in [0.2, 0.25) is 0 Å². The van der Waals surface area contributed by atoms with Crippen molar-refractivity contribution in [1.29, 1.82) is 0 Å². The van der Waals surface area contributed by atoms with Gasteiger partial charge in [-0.3, -0.25) is 9.78 Å². The second-order valence-corrected chi connectivity index (χ2v) is 6.73. The maximum absolute atomic E-state index is 14.6. The molecule has 4 rings (SSSR count). The predicted molar refractivity (Wildman–Crippen MR) is 109 cm³/mol. The number of rotatable bonds is 5. The van der Waals surface area contributed by atoms with Crippen molar-refractivity contribution in [2.24, 2.45) is 0 Å². The van der Waals surface area contributed by atoms with Crippen molar-refractivity contribution in [2.45, 2.75) is 6.54 Å². The monoisotopic (exact) mass is 392 g/mol. The van der Waals surface area contributed by atoms with Crippen molar-refractivity contribution < 1.29 is 13.6 Å². The molecule has 1 aromatic heterocycles. The molecule has 0 bridgehead atoms. The van der Waals surface area contributed by atoms with E-state index >= 15 is 0 Å². The number of nitrogens with one attached hydrogen (secondary N) is 2. The van der Waals surface area contributed by atoms with Gasteiger partial charge in [0, 0.05) is 49.1 Å². The summed E-state index contributed by atoms with van der Waals surface area (Å²) in [5.74, 6) is -1.17. The number of amides is 1. The van der Waals surface area contributed by atoms with Crippen LogP contribution in [-0.2, 0) is 11.3 Å². The summed E-state index contributed by atoms with van der Waals surface area (Å²) in [4.78, 5) is 18.0. The summed E-state index contributed by atoms with van der Waals surface area (Å²) in [5.41, 5.74) is 3.19. The molecule has 0 saturated heterocycles. The second-order valence-electron chi connectivity index (χ2n) is 6.73. The lowest BCUT2D eigenvalue weighted by atomic mass is 10.1. The van der Waals surface area contributed by atoms with E-state index in [0.29, 0.717) is 29.2 Å². The third-order valence-corrected chi connectivity index (χ3v) is 4.65. The lowest BCUT2D eigenvalue weighted by Crippen LogP contribution is -2.17. The summed E-state index contributed by atoms with van der Waals surface area (Å²) in [7, 11) is 1.80. The Morgan fingerprint density at radius 1 is 1.17 bits per heavy atom. The summed E-state index contributed by atoms with van der Waals surface area (Å²) < 4.78 is 28.1. The van der Waals surface area contributed by atoms with Crippen molar-refractivity contribution in [1.82, 2.24) is 4.98 Å². The van der Waals surface area contributed by atoms with E-state index in [-0.39, 0.29) is 11.5 Å². The fourth-order valence-electron chi connectivity index (χ4n) is 3.22. The molecule has 146 valence electrons. The van der Waals surface area contributed by atoms with E-state index in [0.717, 1.165) is 5.56 Å². The van der Waals surface area contributed by atoms with Gasteiger partial charge in [-0.1, -0.05) is 6.07 Å². The van der Waals surface area contributed by atoms with Crippen molar-refractivity contribution in [3.05, 3.63) is 89.9 Å². The zero-order valence-electron chi connectivity index (χ0n) is 15.6. The van der Waals surface area contributed by atoms with E-state index in [2.05, 4.69) is 15.6 Å². The average molecular weight is 392 g/mol. The van der Waals surface area contributed by atoms with Gasteiger partial charge in [0.15, 0.2) is 0 Å². The van der Waals surface area contributed by atoms with Crippen LogP contribution in [0.5, 0.6) is 0 Å². The van der Waals surface area contributed by atoms with Gasteiger partial charge >= 0.3 is 0 Å². The number of fused-ring (bicyclic) bond motifs is 1. The topological polar surface area (TPSA) is 57.3 Å². The van der Waals surface area contributed by atoms with Crippen LogP contribution in [0.1, 0.15) is 11.1 Å². The minimum absolute atomic E-state index is 0.290. The molecule has 3 aromatic rings. The molecule has 0 radical (unpaired) electrons. The molecule has 1 aliphatic rings. The summed E-state index contributed by atoms with van der Waals surface area (Å²) in [6.07, 6.45) is 4.88. The zero-order valence-corrected chi connectivity index (χ0v) is 15.6. The van der Waals surface area contributed by atoms with E-state index in [9.17, 15) is 13.6 Å². The Kier molecular flexibility index (Phi) is 4.95. The molecule has 2 heterocycles. The van der Waals surface area contributed by atoms with Gasteiger partial charge in [-0.25, -0.2) is 8.78 Å². The number of carbonyl (C=O) groups excluding carboxylic acids is 1. The van der Waals surface area contributed by atoms with E-state index in [1.807, 2.05) is 12.1 Å². The molecule has 2 aromatic carbocycles. The number of nitrogens with zero attached hydrogens (tertiary/aromatic N) is 2. The molecular weight excluding hydrogens is 374 g/mol. The number of pyridine rings is 1. The Labute approximate surface area is 166 Å². The van der Waals surface area contributed by atoms with Gasteiger partial charge in [0.1, 0.15) is 11.6 Å². The van der Waals surface area contributed by atoms with Crippen molar-refractivity contribution in [2.75, 3.05) is 22.6 Å². The first-order valence-corrected chi connectivity index (χ1v) is 8.99. The second kappa shape index (κ2) is 7.71. The molecule has 0 atom stereocenters. The third kappa shape index (κ3) is 3.94. The Balaban J connectivity index is 1.51. The van der Waals surface area contributed by atoms with Gasteiger partial charge in [-0.05, 0) is 48.0 Å². The first-order valence-electron chi connectivity index (χ1n) is 8.99. The molecule has 0 fully saturated rings. The first-order chi connectivity index (χ1) is 14.0. The van der Waals surface area contributed by atoms with Crippen molar-refractivity contribution in [3.8, 4) is 0 Å². The number of aromatic nitrogens is 1. The molecule has 7 heteroatoms. The van der Waals surface area contributed by atoms with Crippen LogP contribution in [-0.4, -0.2) is 17.9 Å². The minimum Gasteiger partial charge on any atom is -0.368 e. The highest BCUT2D eigenvalue weighted by Gasteiger charge is 2.24. The largest absolute Gasteiger partial charge is 0.368 e. The van der Waals surface area contributed by atoms with Gasteiger partial charge < -0.3 is 15.5 Å². The van der Waals surface area contributed by atoms with Crippen LogP contribution in [0.4, 0.5) is 25.8 Å². The fourth-order valence-corrected chi connectivity index (χ4v) is 3.22. The van der Waals surface area contributed by atoms with Crippen LogP contribution in [0.25, 0.3) is 5.57 Å². The lowest BCUT2D eigenvalue weighted by molar-refractivity contribution is -0.110. The van der Waals surface area contributed by atoms with Gasteiger partial charge in [0.05, 0.1) is 11.3 Å². The Morgan fingerprint density at radius 2 is 2.03 bits per heavy atom. The van der Waals surface area contributed by atoms with E-state index < -0.39 is 11.6 Å². The van der Waals surface area contributed by atoms with Gasteiger partial charge in [-0.2, -0.15) is 0 Å². The molecule has 29 heavy (non-hydrogen) atoms. The van der Waals surface area contributed by atoms with E-state index in [4.69, 9.17) is 0 Å². The third-order valence-electron chi connectivity index (χ3n) is 4.65. The van der Waals surface area contributed by atoms with E-state index in [1.54, 1.807) is 36.5 Å². The molecule has 0 unspecified atom stereocenters. The highest BCUT2D eigenvalue weighted by atomic mass is 19.1. The molecular formula is C22H18F2N4O. The quantitative estimate of drug-likeness (QED) is 0.632. The average Bonchev–Trinajstić information content (AvgIpc) is 3.01. The molecule has 2 N–H and O–H groups in total. The van der Waals surface area contributed by atoms with E-state index in [1.165, 1.54) is 30.5 Å². The van der Waals surface area contributed by atoms with Crippen LogP contribution in [0, 0.1) is 11.6 Å². The van der Waals surface area contributed by atoms with Crippen LogP contribution < -0.4 is 15.5 Å². The predicted octanol–water partition coefficient (Wildman–Crippen LogP) is 4.40. The molecule has 1 amide bonds. The Bertz CT molecular complexity index is 1100. The summed E-state index contributed by atoms with van der Waals surface area (Å²) in [5, 5.41) is 5.59. The summed E-state index contributed by atoms with van der Waals surface area (Å²) in [6.45, 7) is 0.518. The van der Waals surface area contributed by atoms with Crippen molar-refractivity contribution in [3.63, 3.8) is 0 Å². The highest BCUT2D eigenvalue weighted by molar-refractivity contribution is 6.31. The number of hydrogen-bond donors (Lipinski definition) is 2. The maximum atomic E-state index is 14.6. The smallest absolute Gasteiger partial charge is 0.257 e. The number of halogens is 2. The van der Waals surface area contributed by atoms with Crippen LogP contribution in [0.3, 0.4) is 0 Å². The molecule has 5 nitrogen and oxygen atoms in total. The number of hydrogen-bond acceptors (Lipinski definition) is 4. The fraction of sp³-hybridized carbons (Fsp3) is 0.0909. The van der Waals surface area contributed by atoms with Gasteiger partial charge in [-0.15, -0.1) is 0 Å². The van der Waals surface area contributed by atoms with Crippen LogP contribution >= 0.6 is 0 Å². The molecule has 1 aliphatic heterocycles. The molecule has 0 aliphatic carbocycles. The Morgan fingerprint density at radius 3 is 2.79 bits per heavy atom. The van der Waals surface area contributed by atoms with Gasteiger partial charge in [0.2, 0.25) is 0 Å². The zero-order chi connectivity index (χ0) is 20.4. The van der Waals surface area contributed by atoms with Crippen LogP contribution in [0.15, 0.2) is 67.1 Å². The SMILES string of the molecule is CN(Cc1cccnc1)c1ccc(NC=C2C(=O)Nc3ccc(F)cc32)cc1F. The number of anilines is 3. The highest BCUT2D eigenvalue weighted by Crippen LogP contribution is 2.32. The number of carbonyl (C=O) groups is 1. The van der Waals surface area contributed by atoms with Crippen molar-refractivity contribution >= 4 is 28.5 Å². The lowest BCUT2D eigenvalue weighted by Gasteiger charge is -2.20. The Hall–Kier alpha value is -3.74. The summed E-state index contributed by atoms with van der Waals surface area (Å²) in [6, 6.07) is 12.6. The standard InChI is InChI=1S/C22H18F2N4O/c1-28(13-14-3-2-8-25-11-14)21-7-5-16(10-19(21)24)26-12-18-17-9-15(23)4-6-20(17)27-22(18)29/h2-12,26H,13H2,1H3,(H,27,29). The normalized spacial score (nSPS) is 13.9. The maximum Gasteiger partial charge on any atom is 0.257 e.